The molecule has 112 valence electrons. The fourth-order valence-electron chi connectivity index (χ4n) is 2.33. The lowest BCUT2D eigenvalue weighted by atomic mass is 9.88. The van der Waals surface area contributed by atoms with E-state index in [9.17, 15) is 14.9 Å². The molecule has 0 unspecified atom stereocenters. The van der Waals surface area contributed by atoms with Crippen molar-refractivity contribution in [2.45, 2.75) is 6.42 Å². The van der Waals surface area contributed by atoms with Crippen molar-refractivity contribution in [2.24, 2.45) is 11.8 Å². The van der Waals surface area contributed by atoms with Crippen LogP contribution in [-0.4, -0.2) is 28.8 Å². The largest absolute Gasteiger partial charge is 0.299 e. The second-order valence-corrected chi connectivity index (χ2v) is 6.57. The summed E-state index contributed by atoms with van der Waals surface area (Å²) in [4.78, 5) is 22.5. The summed E-state index contributed by atoms with van der Waals surface area (Å²) in [5, 5.41) is 11.5. The Morgan fingerprint density at radius 1 is 1.43 bits per heavy atom. The maximum Gasteiger partial charge on any atom is 0.210 e. The first kappa shape index (κ1) is 16.0. The SMILES string of the molecule is O=C1CCSC[C@H]1[C@H](C=Cc1ccc(Cl)cc1)C[N+](=O)[O-]. The monoisotopic (exact) mass is 325 g/mol. The second kappa shape index (κ2) is 7.61. The van der Waals surface area contributed by atoms with Crippen LogP contribution < -0.4 is 0 Å². The lowest BCUT2D eigenvalue weighted by molar-refractivity contribution is -0.486. The second-order valence-electron chi connectivity index (χ2n) is 4.99. The third-order valence-corrected chi connectivity index (χ3v) is 4.83. The van der Waals surface area contributed by atoms with Gasteiger partial charge in [-0.1, -0.05) is 35.9 Å². The molecule has 1 aliphatic heterocycles. The average molecular weight is 326 g/mol. The number of Topliss-reactive ketones (excluding diaryl/α,β-unsaturated/α-hetero) is 1. The van der Waals surface area contributed by atoms with E-state index in [0.717, 1.165) is 11.3 Å². The molecule has 1 fully saturated rings. The zero-order valence-corrected chi connectivity index (χ0v) is 13.0. The Morgan fingerprint density at radius 3 is 2.76 bits per heavy atom. The highest BCUT2D eigenvalue weighted by Crippen LogP contribution is 2.28. The zero-order valence-electron chi connectivity index (χ0n) is 11.4. The number of rotatable bonds is 5. The molecule has 4 nitrogen and oxygen atoms in total. The van der Waals surface area contributed by atoms with Crippen molar-refractivity contribution in [2.75, 3.05) is 18.1 Å². The van der Waals surface area contributed by atoms with Crippen LogP contribution in [0.25, 0.3) is 6.08 Å². The molecule has 0 N–H and O–H groups in total. The van der Waals surface area contributed by atoms with E-state index in [0.29, 0.717) is 17.2 Å². The molecule has 21 heavy (non-hydrogen) atoms. The van der Waals surface area contributed by atoms with Crippen LogP contribution in [0.1, 0.15) is 12.0 Å². The van der Waals surface area contributed by atoms with Crippen molar-refractivity contribution in [3.8, 4) is 0 Å². The summed E-state index contributed by atoms with van der Waals surface area (Å²) in [5.74, 6) is 1.03. The van der Waals surface area contributed by atoms with Gasteiger partial charge in [0, 0.05) is 33.8 Å². The van der Waals surface area contributed by atoms with Gasteiger partial charge >= 0.3 is 0 Å². The van der Waals surface area contributed by atoms with Crippen molar-refractivity contribution in [3.63, 3.8) is 0 Å². The molecule has 0 amide bonds. The summed E-state index contributed by atoms with van der Waals surface area (Å²) in [6.07, 6.45) is 4.13. The summed E-state index contributed by atoms with van der Waals surface area (Å²) >= 11 is 7.51. The van der Waals surface area contributed by atoms with Gasteiger partial charge in [0.25, 0.3) is 0 Å². The number of hydrogen-bond acceptors (Lipinski definition) is 4. The highest BCUT2D eigenvalue weighted by atomic mass is 35.5. The molecule has 0 radical (unpaired) electrons. The van der Waals surface area contributed by atoms with E-state index in [1.807, 2.05) is 18.2 Å². The smallest absolute Gasteiger partial charge is 0.210 e. The van der Waals surface area contributed by atoms with E-state index in [1.54, 1.807) is 30.0 Å². The predicted molar refractivity (Wildman–Crippen MR) is 86.3 cm³/mol. The summed E-state index contributed by atoms with van der Waals surface area (Å²) in [7, 11) is 0. The molecule has 0 bridgehead atoms. The molecule has 1 heterocycles. The molecule has 1 saturated heterocycles. The summed E-state index contributed by atoms with van der Waals surface area (Å²) in [6, 6.07) is 7.23. The maximum atomic E-state index is 12.0. The molecule has 0 saturated carbocycles. The number of hydrogen-bond donors (Lipinski definition) is 0. The molecule has 0 spiro atoms. The van der Waals surface area contributed by atoms with Crippen molar-refractivity contribution in [1.82, 2.24) is 0 Å². The van der Waals surface area contributed by atoms with Crippen LogP contribution in [0, 0.1) is 22.0 Å². The number of thioether (sulfide) groups is 1. The quantitative estimate of drug-likeness (QED) is 0.613. The van der Waals surface area contributed by atoms with E-state index in [1.165, 1.54) is 0 Å². The molecule has 1 aliphatic rings. The predicted octanol–water partition coefficient (Wildman–Crippen LogP) is 3.57. The van der Waals surface area contributed by atoms with Gasteiger partial charge in [0.2, 0.25) is 6.54 Å². The summed E-state index contributed by atoms with van der Waals surface area (Å²) in [6.45, 7) is -0.207. The highest BCUT2D eigenvalue weighted by molar-refractivity contribution is 7.99. The van der Waals surface area contributed by atoms with E-state index < -0.39 is 0 Å². The molecule has 0 aliphatic carbocycles. The van der Waals surface area contributed by atoms with Crippen molar-refractivity contribution >= 4 is 35.2 Å². The molecular weight excluding hydrogens is 310 g/mol. The van der Waals surface area contributed by atoms with Gasteiger partial charge in [0.05, 0.1) is 5.92 Å². The Balaban J connectivity index is 2.13. The summed E-state index contributed by atoms with van der Waals surface area (Å²) in [5.41, 5.74) is 0.920. The number of carbonyl (C=O) groups excluding carboxylic acids is 1. The Hall–Kier alpha value is -1.33. The standard InChI is InChI=1S/C15H16ClNO3S/c16-13-5-2-11(3-6-13)1-4-12(9-17(19)20)14-10-21-8-7-15(14)18/h1-6,12,14H,7-10H2/t12-,14+/m1/s1. The van der Waals surface area contributed by atoms with Crippen LogP contribution in [0.15, 0.2) is 30.3 Å². The first-order chi connectivity index (χ1) is 10.1. The van der Waals surface area contributed by atoms with Gasteiger partial charge in [-0.2, -0.15) is 11.8 Å². The van der Waals surface area contributed by atoms with Crippen molar-refractivity contribution in [1.29, 1.82) is 0 Å². The zero-order chi connectivity index (χ0) is 15.2. The molecular formula is C15H16ClNO3S. The van der Waals surface area contributed by atoms with Crippen molar-refractivity contribution < 1.29 is 9.72 Å². The molecule has 2 rings (SSSR count). The van der Waals surface area contributed by atoms with Crippen LogP contribution >= 0.6 is 23.4 Å². The van der Waals surface area contributed by atoms with E-state index in [2.05, 4.69) is 0 Å². The minimum atomic E-state index is -0.351. The van der Waals surface area contributed by atoms with Gasteiger partial charge in [0.15, 0.2) is 0 Å². The molecule has 1 aromatic carbocycles. The van der Waals surface area contributed by atoms with Gasteiger partial charge in [0.1, 0.15) is 5.78 Å². The van der Waals surface area contributed by atoms with Crippen molar-refractivity contribution in [3.05, 3.63) is 51.0 Å². The number of benzene rings is 1. The van der Waals surface area contributed by atoms with E-state index in [-0.39, 0.29) is 29.1 Å². The Kier molecular flexibility index (Phi) is 5.82. The van der Waals surface area contributed by atoms with Gasteiger partial charge in [-0.25, -0.2) is 0 Å². The van der Waals surface area contributed by atoms with Crippen LogP contribution in [0.5, 0.6) is 0 Å². The Labute approximate surface area is 132 Å². The Morgan fingerprint density at radius 2 is 2.14 bits per heavy atom. The Bertz CT molecular complexity index is 544. The van der Waals surface area contributed by atoms with Crippen LogP contribution in [0.4, 0.5) is 0 Å². The topological polar surface area (TPSA) is 60.2 Å². The number of ketones is 1. The van der Waals surface area contributed by atoms with Gasteiger partial charge in [-0.05, 0) is 17.7 Å². The molecule has 0 aromatic heterocycles. The maximum absolute atomic E-state index is 12.0. The number of nitro groups is 1. The number of carbonyl (C=O) groups is 1. The lowest BCUT2D eigenvalue weighted by Gasteiger charge is -2.24. The van der Waals surface area contributed by atoms with Gasteiger partial charge in [-0.3, -0.25) is 14.9 Å². The van der Waals surface area contributed by atoms with Gasteiger partial charge in [-0.15, -0.1) is 0 Å². The highest BCUT2D eigenvalue weighted by Gasteiger charge is 2.32. The first-order valence-electron chi connectivity index (χ1n) is 6.72. The van der Waals surface area contributed by atoms with Crippen LogP contribution in [-0.2, 0) is 4.79 Å². The van der Waals surface area contributed by atoms with E-state index >= 15 is 0 Å². The third kappa shape index (κ3) is 4.86. The molecule has 6 heteroatoms. The fraction of sp³-hybridized carbons (Fsp3) is 0.400. The van der Waals surface area contributed by atoms with Gasteiger partial charge < -0.3 is 0 Å². The normalized spacial score (nSPS) is 20.6. The van der Waals surface area contributed by atoms with E-state index in [4.69, 9.17) is 11.6 Å². The van der Waals surface area contributed by atoms with Crippen LogP contribution in [0.2, 0.25) is 5.02 Å². The lowest BCUT2D eigenvalue weighted by Crippen LogP contribution is -2.32. The first-order valence-corrected chi connectivity index (χ1v) is 8.25. The van der Waals surface area contributed by atoms with Crippen LogP contribution in [0.3, 0.4) is 0 Å². The minimum absolute atomic E-state index is 0.140. The molecule has 2 atom stereocenters. The average Bonchev–Trinajstić information content (AvgIpc) is 2.45. The number of halogens is 1. The number of nitrogens with zero attached hydrogens (tertiary/aromatic N) is 1. The minimum Gasteiger partial charge on any atom is -0.299 e. The molecule has 1 aromatic rings. The fourth-order valence-corrected chi connectivity index (χ4v) is 3.65. The summed E-state index contributed by atoms with van der Waals surface area (Å²) < 4.78 is 0. The third-order valence-electron chi connectivity index (χ3n) is 3.49.